The molecule has 3 aliphatic heterocycles. The predicted molar refractivity (Wildman–Crippen MR) is 106 cm³/mol. The van der Waals surface area contributed by atoms with Crippen molar-refractivity contribution in [3.8, 4) is 0 Å². The Morgan fingerprint density at radius 2 is 2.04 bits per heavy atom. The average Bonchev–Trinajstić information content (AvgIpc) is 3.42. The molecule has 3 aliphatic rings. The number of H-pyrrole nitrogens is 1. The molecule has 0 aliphatic carbocycles. The largest absolute Gasteiger partial charge is 0.373 e. The van der Waals surface area contributed by atoms with Gasteiger partial charge in [-0.2, -0.15) is 0 Å². The number of nitrogens with one attached hydrogen (secondary N) is 1. The number of para-hydroxylation sites is 1. The Morgan fingerprint density at radius 3 is 2.89 bits per heavy atom. The third kappa shape index (κ3) is 3.39. The molecule has 3 saturated heterocycles. The van der Waals surface area contributed by atoms with Crippen LogP contribution in [-0.2, 0) is 4.74 Å². The molecule has 1 spiro atoms. The summed E-state index contributed by atoms with van der Waals surface area (Å²) in [5.74, 6) is 0.725. The van der Waals surface area contributed by atoms with Crippen molar-refractivity contribution >= 4 is 16.8 Å². The van der Waals surface area contributed by atoms with E-state index in [9.17, 15) is 4.79 Å². The third-order valence-electron chi connectivity index (χ3n) is 6.59. The van der Waals surface area contributed by atoms with Crippen molar-refractivity contribution in [3.05, 3.63) is 36.0 Å². The van der Waals surface area contributed by atoms with Crippen molar-refractivity contribution in [2.45, 2.75) is 37.7 Å². The van der Waals surface area contributed by atoms with Gasteiger partial charge >= 0.3 is 0 Å². The Balaban J connectivity index is 1.27. The number of rotatable bonds is 3. The van der Waals surface area contributed by atoms with E-state index in [1.54, 1.807) is 0 Å². The number of carbonyl (C=O) groups excluding carboxylic acids is 1. The van der Waals surface area contributed by atoms with E-state index >= 15 is 0 Å². The first-order valence-electron chi connectivity index (χ1n) is 10.4. The monoisotopic (exact) mass is 367 g/mol. The third-order valence-corrected chi connectivity index (χ3v) is 6.59. The first kappa shape index (κ1) is 17.3. The summed E-state index contributed by atoms with van der Waals surface area (Å²) in [6.07, 6.45) is 5.89. The number of hydrogen-bond acceptors (Lipinski definition) is 3. The summed E-state index contributed by atoms with van der Waals surface area (Å²) >= 11 is 0. The number of fused-ring (bicyclic) bond motifs is 1. The number of ether oxygens (including phenoxy) is 1. The molecule has 3 fully saturated rings. The fourth-order valence-corrected chi connectivity index (χ4v) is 5.30. The van der Waals surface area contributed by atoms with Crippen LogP contribution in [0.2, 0.25) is 0 Å². The van der Waals surface area contributed by atoms with Crippen LogP contribution in [0.4, 0.5) is 0 Å². The van der Waals surface area contributed by atoms with E-state index in [1.165, 1.54) is 25.9 Å². The molecule has 1 N–H and O–H groups in total. The summed E-state index contributed by atoms with van der Waals surface area (Å²) in [5.41, 5.74) is 1.60. The Bertz CT molecular complexity index is 793. The Kier molecular flexibility index (Phi) is 4.44. The number of likely N-dealkylation sites (tertiary alicyclic amines) is 2. The summed E-state index contributed by atoms with van der Waals surface area (Å²) < 4.78 is 6.35. The average molecular weight is 367 g/mol. The lowest BCUT2D eigenvalue weighted by molar-refractivity contribution is -0.0451. The summed E-state index contributed by atoms with van der Waals surface area (Å²) in [6, 6.07) is 10.0. The van der Waals surface area contributed by atoms with Crippen molar-refractivity contribution in [3.63, 3.8) is 0 Å². The molecule has 144 valence electrons. The van der Waals surface area contributed by atoms with Crippen LogP contribution in [0.3, 0.4) is 0 Å². The van der Waals surface area contributed by atoms with Crippen molar-refractivity contribution < 1.29 is 9.53 Å². The minimum absolute atomic E-state index is 0.108. The van der Waals surface area contributed by atoms with Crippen LogP contribution in [0.1, 0.15) is 42.6 Å². The van der Waals surface area contributed by atoms with Gasteiger partial charge in [-0.1, -0.05) is 18.2 Å². The first-order valence-corrected chi connectivity index (χ1v) is 10.4. The Labute approximate surface area is 160 Å². The molecule has 0 saturated carbocycles. The van der Waals surface area contributed by atoms with Crippen LogP contribution in [0.25, 0.3) is 10.9 Å². The molecule has 2 atom stereocenters. The lowest BCUT2D eigenvalue weighted by Gasteiger charge is -2.39. The minimum Gasteiger partial charge on any atom is -0.373 e. The zero-order chi connectivity index (χ0) is 18.3. The zero-order valence-corrected chi connectivity index (χ0v) is 16.0. The highest BCUT2D eigenvalue weighted by molar-refractivity contribution is 5.98. The van der Waals surface area contributed by atoms with Gasteiger partial charge in [0, 0.05) is 24.0 Å². The van der Waals surface area contributed by atoms with Crippen LogP contribution in [0, 0.1) is 5.92 Å². The van der Waals surface area contributed by atoms with Gasteiger partial charge in [-0.15, -0.1) is 0 Å². The van der Waals surface area contributed by atoms with Gasteiger partial charge in [0.05, 0.1) is 18.8 Å². The normalized spacial score (nSPS) is 29.2. The standard InChI is InChI=1S/C22H29N3O2/c26-21(20-12-18-6-1-2-7-19(18)23-20)25-11-5-8-22(16-25)13-17(15-27-22)14-24-9-3-4-10-24/h1-2,6-7,12,17,23H,3-5,8-11,13-16H2/t17-,22-/m1/s1. The Hall–Kier alpha value is -1.85. The zero-order valence-electron chi connectivity index (χ0n) is 16.0. The van der Waals surface area contributed by atoms with E-state index in [0.717, 1.165) is 56.4 Å². The molecule has 1 amide bonds. The molecular weight excluding hydrogens is 338 g/mol. The van der Waals surface area contributed by atoms with Gasteiger partial charge in [-0.25, -0.2) is 0 Å². The lowest BCUT2D eigenvalue weighted by Crippen LogP contribution is -2.50. The summed E-state index contributed by atoms with van der Waals surface area (Å²) in [6.45, 7) is 6.07. The topological polar surface area (TPSA) is 48.6 Å². The summed E-state index contributed by atoms with van der Waals surface area (Å²) in [4.78, 5) is 21.0. The van der Waals surface area contributed by atoms with E-state index in [4.69, 9.17) is 4.74 Å². The Morgan fingerprint density at radius 1 is 1.19 bits per heavy atom. The fraction of sp³-hybridized carbons (Fsp3) is 0.591. The molecule has 4 heterocycles. The van der Waals surface area contributed by atoms with Crippen molar-refractivity contribution in [2.24, 2.45) is 5.92 Å². The van der Waals surface area contributed by atoms with Crippen LogP contribution in [0.5, 0.6) is 0 Å². The quantitative estimate of drug-likeness (QED) is 0.906. The lowest BCUT2D eigenvalue weighted by atomic mass is 9.86. The number of amides is 1. The second-order valence-corrected chi connectivity index (χ2v) is 8.67. The summed E-state index contributed by atoms with van der Waals surface area (Å²) in [7, 11) is 0. The van der Waals surface area contributed by atoms with Gasteiger partial charge in [0.25, 0.3) is 5.91 Å². The number of aromatic amines is 1. The minimum atomic E-state index is -0.121. The number of carbonyl (C=O) groups is 1. The molecule has 2 aromatic rings. The first-order chi connectivity index (χ1) is 13.2. The number of aromatic nitrogens is 1. The van der Waals surface area contributed by atoms with E-state index in [0.29, 0.717) is 11.6 Å². The van der Waals surface area contributed by atoms with Gasteiger partial charge in [0.2, 0.25) is 0 Å². The molecule has 1 aromatic heterocycles. The number of nitrogens with zero attached hydrogens (tertiary/aromatic N) is 2. The molecular formula is C22H29N3O2. The van der Waals surface area contributed by atoms with Gasteiger partial charge < -0.3 is 19.5 Å². The highest BCUT2D eigenvalue weighted by Gasteiger charge is 2.45. The van der Waals surface area contributed by atoms with E-state index in [2.05, 4.69) is 9.88 Å². The van der Waals surface area contributed by atoms with Crippen molar-refractivity contribution in [2.75, 3.05) is 39.3 Å². The molecule has 5 heteroatoms. The molecule has 27 heavy (non-hydrogen) atoms. The SMILES string of the molecule is O=C(c1cc2ccccc2[nH]1)N1CCC[C@@]2(C[C@H](CN3CCCC3)CO2)C1. The van der Waals surface area contributed by atoms with Crippen LogP contribution < -0.4 is 0 Å². The number of piperidine rings is 1. The predicted octanol–water partition coefficient (Wildman–Crippen LogP) is 3.28. The molecule has 1 aromatic carbocycles. The second kappa shape index (κ2) is 6.95. The highest BCUT2D eigenvalue weighted by atomic mass is 16.5. The van der Waals surface area contributed by atoms with Gasteiger partial charge in [-0.3, -0.25) is 4.79 Å². The van der Waals surface area contributed by atoms with Crippen molar-refractivity contribution in [1.29, 1.82) is 0 Å². The van der Waals surface area contributed by atoms with E-state index < -0.39 is 0 Å². The van der Waals surface area contributed by atoms with Gasteiger partial charge in [0.1, 0.15) is 5.69 Å². The number of benzene rings is 1. The maximum atomic E-state index is 13.1. The van der Waals surface area contributed by atoms with E-state index in [1.807, 2.05) is 35.2 Å². The van der Waals surface area contributed by atoms with Crippen molar-refractivity contribution in [1.82, 2.24) is 14.8 Å². The highest BCUT2D eigenvalue weighted by Crippen LogP contribution is 2.38. The molecule has 0 unspecified atom stereocenters. The van der Waals surface area contributed by atoms with Crippen LogP contribution in [0.15, 0.2) is 30.3 Å². The van der Waals surface area contributed by atoms with Crippen LogP contribution >= 0.6 is 0 Å². The molecule has 0 bridgehead atoms. The van der Waals surface area contributed by atoms with Crippen LogP contribution in [-0.4, -0.2) is 65.6 Å². The van der Waals surface area contributed by atoms with Gasteiger partial charge in [0.15, 0.2) is 0 Å². The second-order valence-electron chi connectivity index (χ2n) is 8.67. The number of hydrogen-bond donors (Lipinski definition) is 1. The fourth-order valence-electron chi connectivity index (χ4n) is 5.30. The smallest absolute Gasteiger partial charge is 0.270 e. The van der Waals surface area contributed by atoms with Gasteiger partial charge in [-0.05, 0) is 63.2 Å². The maximum absolute atomic E-state index is 13.1. The molecule has 0 radical (unpaired) electrons. The maximum Gasteiger partial charge on any atom is 0.270 e. The molecule has 5 rings (SSSR count). The molecule has 5 nitrogen and oxygen atoms in total. The van der Waals surface area contributed by atoms with E-state index in [-0.39, 0.29) is 11.5 Å². The summed E-state index contributed by atoms with van der Waals surface area (Å²) in [5, 5.41) is 1.09.